The molecule has 0 amide bonds. The largest absolute Gasteiger partial charge is 0.416 e. The molecule has 0 saturated carbocycles. The van der Waals surface area contributed by atoms with Gasteiger partial charge >= 0.3 is 6.18 Å². The highest BCUT2D eigenvalue weighted by atomic mass is 19.4. The third-order valence-electron chi connectivity index (χ3n) is 2.42. The lowest BCUT2D eigenvalue weighted by Gasteiger charge is -2.17. The second-order valence-corrected chi connectivity index (χ2v) is 4.05. The molecular formula is C11H17F3N4O. The van der Waals surface area contributed by atoms with Gasteiger partial charge in [0.15, 0.2) is 12.1 Å². The molecule has 8 heteroatoms. The van der Waals surface area contributed by atoms with E-state index in [0.717, 1.165) is 5.56 Å². The summed E-state index contributed by atoms with van der Waals surface area (Å²) in [4.78, 5) is 3.77. The van der Waals surface area contributed by atoms with E-state index < -0.39 is 18.8 Å². The number of aliphatic imine (C=N–C) groups is 1. The van der Waals surface area contributed by atoms with E-state index in [1.165, 1.54) is 7.05 Å². The lowest BCUT2D eigenvalue weighted by Crippen LogP contribution is -2.45. The van der Waals surface area contributed by atoms with Crippen molar-refractivity contribution in [1.29, 1.82) is 0 Å². The summed E-state index contributed by atoms with van der Waals surface area (Å²) in [6, 6.07) is 1.88. The lowest BCUT2D eigenvalue weighted by atomic mass is 10.3. The number of aliphatic hydroxyl groups excluding tert-OH is 1. The molecule has 0 aliphatic carbocycles. The molecule has 0 fully saturated rings. The van der Waals surface area contributed by atoms with Gasteiger partial charge < -0.3 is 20.3 Å². The molecule has 1 aromatic heterocycles. The van der Waals surface area contributed by atoms with Gasteiger partial charge in [0, 0.05) is 33.0 Å². The topological polar surface area (TPSA) is 61.6 Å². The summed E-state index contributed by atoms with van der Waals surface area (Å²) in [6.07, 6.45) is -3.31. The van der Waals surface area contributed by atoms with E-state index in [9.17, 15) is 13.2 Å². The fourth-order valence-corrected chi connectivity index (χ4v) is 1.38. The second-order valence-electron chi connectivity index (χ2n) is 4.05. The van der Waals surface area contributed by atoms with Crippen LogP contribution in [0.5, 0.6) is 0 Å². The molecule has 0 aromatic carbocycles. The SMILES string of the molecule is CN=C(NCc1ccn(C)c1)NCC(O)C(F)(F)F. The summed E-state index contributed by atoms with van der Waals surface area (Å²) in [5, 5.41) is 14.1. The molecule has 1 rings (SSSR count). The first-order valence-corrected chi connectivity index (χ1v) is 5.63. The van der Waals surface area contributed by atoms with Crippen LogP contribution in [0.4, 0.5) is 13.2 Å². The van der Waals surface area contributed by atoms with Gasteiger partial charge in [-0.15, -0.1) is 0 Å². The van der Waals surface area contributed by atoms with Crippen molar-refractivity contribution in [3.05, 3.63) is 24.0 Å². The Labute approximate surface area is 109 Å². The Morgan fingerprint density at radius 1 is 1.47 bits per heavy atom. The Morgan fingerprint density at radius 2 is 2.16 bits per heavy atom. The van der Waals surface area contributed by atoms with Crippen LogP contribution in [0, 0.1) is 0 Å². The molecule has 5 nitrogen and oxygen atoms in total. The first-order chi connectivity index (χ1) is 8.82. The first-order valence-electron chi connectivity index (χ1n) is 5.63. The van der Waals surface area contributed by atoms with Gasteiger partial charge in [0.05, 0.1) is 6.54 Å². The number of halogens is 3. The molecule has 3 N–H and O–H groups in total. The summed E-state index contributed by atoms with van der Waals surface area (Å²) < 4.78 is 38.2. The Balaban J connectivity index is 2.39. The second kappa shape index (κ2) is 6.46. The third kappa shape index (κ3) is 5.21. The van der Waals surface area contributed by atoms with Crippen molar-refractivity contribution < 1.29 is 18.3 Å². The average molecular weight is 278 g/mol. The predicted molar refractivity (Wildman–Crippen MR) is 65.7 cm³/mol. The molecule has 0 saturated heterocycles. The fourth-order valence-electron chi connectivity index (χ4n) is 1.38. The van der Waals surface area contributed by atoms with Gasteiger partial charge in [0.25, 0.3) is 0 Å². The van der Waals surface area contributed by atoms with Crippen LogP contribution < -0.4 is 10.6 Å². The molecule has 0 aliphatic heterocycles. The van der Waals surface area contributed by atoms with Crippen molar-refractivity contribution in [3.63, 3.8) is 0 Å². The van der Waals surface area contributed by atoms with Gasteiger partial charge in [0.2, 0.25) is 0 Å². The van der Waals surface area contributed by atoms with Crippen LogP contribution in [0.2, 0.25) is 0 Å². The van der Waals surface area contributed by atoms with Crippen LogP contribution in [0.3, 0.4) is 0 Å². The summed E-state index contributed by atoms with van der Waals surface area (Å²) in [5.74, 6) is 0.201. The van der Waals surface area contributed by atoms with Gasteiger partial charge in [-0.2, -0.15) is 13.2 Å². The van der Waals surface area contributed by atoms with Crippen LogP contribution in [0.25, 0.3) is 0 Å². The summed E-state index contributed by atoms with van der Waals surface area (Å²) >= 11 is 0. The number of rotatable bonds is 4. The van der Waals surface area contributed by atoms with Crippen LogP contribution in [0.1, 0.15) is 5.56 Å². The van der Waals surface area contributed by atoms with Crippen molar-refractivity contribution in [3.8, 4) is 0 Å². The molecule has 19 heavy (non-hydrogen) atoms. The Hall–Kier alpha value is -1.70. The molecule has 0 aliphatic rings. The quantitative estimate of drug-likeness (QED) is 0.559. The number of nitrogens with zero attached hydrogens (tertiary/aromatic N) is 2. The highest BCUT2D eigenvalue weighted by Crippen LogP contribution is 2.19. The number of nitrogens with one attached hydrogen (secondary N) is 2. The average Bonchev–Trinajstić information content (AvgIpc) is 2.73. The number of hydrogen-bond acceptors (Lipinski definition) is 2. The maximum Gasteiger partial charge on any atom is 0.416 e. The zero-order valence-electron chi connectivity index (χ0n) is 10.7. The Morgan fingerprint density at radius 3 is 2.63 bits per heavy atom. The predicted octanol–water partition coefficient (Wildman–Crippen LogP) is 0.613. The minimum Gasteiger partial charge on any atom is -0.382 e. The number of aromatic nitrogens is 1. The summed E-state index contributed by atoms with van der Waals surface area (Å²) in [7, 11) is 3.32. The van der Waals surface area contributed by atoms with Crippen LogP contribution in [-0.2, 0) is 13.6 Å². The summed E-state index contributed by atoms with van der Waals surface area (Å²) in [6.45, 7) is -0.208. The van der Waals surface area contributed by atoms with Gasteiger partial charge in [-0.1, -0.05) is 0 Å². The molecule has 1 unspecified atom stereocenters. The van der Waals surface area contributed by atoms with Crippen LogP contribution in [0.15, 0.2) is 23.5 Å². The number of aryl methyl sites for hydroxylation is 1. The maximum atomic E-state index is 12.1. The number of guanidine groups is 1. The molecular weight excluding hydrogens is 261 g/mol. The monoisotopic (exact) mass is 278 g/mol. The van der Waals surface area contributed by atoms with Gasteiger partial charge in [0.1, 0.15) is 0 Å². The van der Waals surface area contributed by atoms with Crippen molar-refractivity contribution >= 4 is 5.96 Å². The molecule has 1 atom stereocenters. The molecule has 1 heterocycles. The third-order valence-corrected chi connectivity index (χ3v) is 2.42. The molecule has 0 bridgehead atoms. The minimum atomic E-state index is -4.63. The fraction of sp³-hybridized carbons (Fsp3) is 0.545. The highest BCUT2D eigenvalue weighted by Gasteiger charge is 2.37. The number of aliphatic hydroxyl groups is 1. The summed E-state index contributed by atoms with van der Waals surface area (Å²) in [5.41, 5.74) is 0.974. The van der Waals surface area contributed by atoms with E-state index in [1.807, 2.05) is 30.1 Å². The molecule has 1 aromatic rings. The zero-order chi connectivity index (χ0) is 14.5. The molecule has 108 valence electrons. The first kappa shape index (κ1) is 15.4. The van der Waals surface area contributed by atoms with Gasteiger partial charge in [-0.25, -0.2) is 0 Å². The highest BCUT2D eigenvalue weighted by molar-refractivity contribution is 5.79. The standard InChI is InChI=1S/C11H17F3N4O/c1-15-10(17-6-9(19)11(12,13)14)16-5-8-3-4-18(2)7-8/h3-4,7,9,19H,5-6H2,1-2H3,(H2,15,16,17). The van der Waals surface area contributed by atoms with Crippen LogP contribution >= 0.6 is 0 Å². The van der Waals surface area contributed by atoms with E-state index in [1.54, 1.807) is 0 Å². The van der Waals surface area contributed by atoms with E-state index in [2.05, 4.69) is 15.6 Å². The van der Waals surface area contributed by atoms with E-state index in [4.69, 9.17) is 5.11 Å². The smallest absolute Gasteiger partial charge is 0.382 e. The number of hydrogen-bond donors (Lipinski definition) is 3. The van der Waals surface area contributed by atoms with Crippen LogP contribution in [-0.4, -0.2) is 41.5 Å². The van der Waals surface area contributed by atoms with Crippen molar-refractivity contribution in [2.75, 3.05) is 13.6 Å². The normalized spacial score (nSPS) is 14.3. The number of alkyl halides is 3. The van der Waals surface area contributed by atoms with E-state index in [0.29, 0.717) is 6.54 Å². The van der Waals surface area contributed by atoms with Crippen molar-refractivity contribution in [2.24, 2.45) is 12.0 Å². The Bertz CT molecular complexity index is 428. The van der Waals surface area contributed by atoms with Crippen molar-refractivity contribution in [2.45, 2.75) is 18.8 Å². The van der Waals surface area contributed by atoms with Gasteiger partial charge in [-0.05, 0) is 11.6 Å². The zero-order valence-corrected chi connectivity index (χ0v) is 10.7. The maximum absolute atomic E-state index is 12.1. The molecule has 0 radical (unpaired) electrons. The van der Waals surface area contributed by atoms with Crippen molar-refractivity contribution in [1.82, 2.24) is 15.2 Å². The minimum absolute atomic E-state index is 0.201. The van der Waals surface area contributed by atoms with E-state index >= 15 is 0 Å². The van der Waals surface area contributed by atoms with E-state index in [-0.39, 0.29) is 5.96 Å². The Kier molecular flexibility index (Phi) is 5.22. The lowest BCUT2D eigenvalue weighted by molar-refractivity contribution is -0.201. The van der Waals surface area contributed by atoms with Gasteiger partial charge in [-0.3, -0.25) is 4.99 Å². The molecule has 0 spiro atoms.